The van der Waals surface area contributed by atoms with Crippen molar-refractivity contribution in [1.29, 1.82) is 0 Å². The van der Waals surface area contributed by atoms with E-state index in [1.54, 1.807) is 6.07 Å². The highest BCUT2D eigenvalue weighted by molar-refractivity contribution is 5.93. The Morgan fingerprint density at radius 2 is 2.04 bits per heavy atom. The van der Waals surface area contributed by atoms with Crippen molar-refractivity contribution in [1.82, 2.24) is 15.2 Å². The van der Waals surface area contributed by atoms with Gasteiger partial charge in [0.2, 0.25) is 0 Å². The van der Waals surface area contributed by atoms with Gasteiger partial charge in [-0.3, -0.25) is 14.5 Å². The van der Waals surface area contributed by atoms with E-state index in [0.717, 1.165) is 44.5 Å². The average Bonchev–Trinajstić information content (AvgIpc) is 2.67. The summed E-state index contributed by atoms with van der Waals surface area (Å²) in [6.07, 6.45) is 9.31. The van der Waals surface area contributed by atoms with Crippen LogP contribution in [-0.2, 0) is 6.54 Å². The molecule has 6 nitrogen and oxygen atoms in total. The number of pyridine rings is 1. The minimum atomic E-state index is -0.829. The molecule has 1 amide bonds. The number of aromatic nitrogens is 1. The van der Waals surface area contributed by atoms with Gasteiger partial charge in [0.05, 0.1) is 5.60 Å². The summed E-state index contributed by atoms with van der Waals surface area (Å²) in [4.78, 5) is 30.1. The summed E-state index contributed by atoms with van der Waals surface area (Å²) < 4.78 is 0. The molecule has 0 radical (unpaired) electrons. The molecule has 1 unspecified atom stereocenters. The first-order valence-electron chi connectivity index (χ1n) is 10.5. The van der Waals surface area contributed by atoms with Crippen molar-refractivity contribution >= 4 is 5.91 Å². The van der Waals surface area contributed by atoms with Gasteiger partial charge in [0.1, 0.15) is 5.56 Å². The van der Waals surface area contributed by atoms with Gasteiger partial charge in [-0.15, -0.1) is 0 Å². The first-order chi connectivity index (χ1) is 13.0. The van der Waals surface area contributed by atoms with Crippen LogP contribution in [0.2, 0.25) is 0 Å². The lowest BCUT2D eigenvalue weighted by atomic mass is 9.85. The number of carbonyl (C=O) groups is 1. The van der Waals surface area contributed by atoms with Gasteiger partial charge in [0.15, 0.2) is 0 Å². The van der Waals surface area contributed by atoms with Crippen LogP contribution in [0.25, 0.3) is 0 Å². The summed E-state index contributed by atoms with van der Waals surface area (Å²) in [5.74, 6) is -0.411. The Morgan fingerprint density at radius 3 is 2.74 bits per heavy atom. The second-order valence-corrected chi connectivity index (χ2v) is 8.22. The van der Waals surface area contributed by atoms with Gasteiger partial charge in [-0.25, -0.2) is 0 Å². The maximum atomic E-state index is 12.4. The molecule has 0 bridgehead atoms. The second-order valence-electron chi connectivity index (χ2n) is 8.22. The Balaban J connectivity index is 1.60. The van der Waals surface area contributed by atoms with Crippen molar-refractivity contribution in [3.8, 4) is 0 Å². The average molecular weight is 376 g/mol. The van der Waals surface area contributed by atoms with E-state index in [1.807, 2.05) is 6.07 Å². The van der Waals surface area contributed by atoms with Crippen molar-refractivity contribution in [2.45, 2.75) is 82.9 Å². The number of nitrogens with zero attached hydrogens (tertiary/aromatic N) is 1. The lowest BCUT2D eigenvalue weighted by molar-refractivity contribution is 0.00524. The van der Waals surface area contributed by atoms with Gasteiger partial charge in [-0.2, -0.15) is 0 Å². The fourth-order valence-corrected chi connectivity index (χ4v) is 4.46. The number of piperidine rings is 1. The molecule has 1 saturated heterocycles. The topological polar surface area (TPSA) is 85.4 Å². The van der Waals surface area contributed by atoms with Crippen molar-refractivity contribution in [2.24, 2.45) is 0 Å². The number of hydrogen-bond acceptors (Lipinski definition) is 4. The first kappa shape index (κ1) is 20.1. The van der Waals surface area contributed by atoms with Crippen molar-refractivity contribution in [3.63, 3.8) is 0 Å². The number of nitrogens with one attached hydrogen (secondary N) is 2. The normalized spacial score (nSPS) is 23.1. The van der Waals surface area contributed by atoms with E-state index in [4.69, 9.17) is 0 Å². The first-order valence-corrected chi connectivity index (χ1v) is 10.5. The number of amides is 1. The number of aromatic amines is 1. The van der Waals surface area contributed by atoms with E-state index in [0.29, 0.717) is 18.9 Å². The predicted molar refractivity (Wildman–Crippen MR) is 106 cm³/mol. The van der Waals surface area contributed by atoms with Crippen molar-refractivity contribution < 1.29 is 9.90 Å². The summed E-state index contributed by atoms with van der Waals surface area (Å²) in [5.41, 5.74) is -0.221. The van der Waals surface area contributed by atoms with Gasteiger partial charge in [-0.05, 0) is 50.8 Å². The number of likely N-dealkylation sites (tertiary alicyclic amines) is 1. The van der Waals surface area contributed by atoms with Crippen LogP contribution in [0.1, 0.15) is 80.8 Å². The molecule has 1 aromatic heterocycles. The van der Waals surface area contributed by atoms with Gasteiger partial charge in [0.25, 0.3) is 11.5 Å². The quantitative estimate of drug-likeness (QED) is 0.713. The van der Waals surface area contributed by atoms with E-state index in [2.05, 4.69) is 22.1 Å². The van der Waals surface area contributed by atoms with Crippen LogP contribution in [0.5, 0.6) is 0 Å². The molecule has 150 valence electrons. The summed E-state index contributed by atoms with van der Waals surface area (Å²) in [7, 11) is 0. The largest absolute Gasteiger partial charge is 0.388 e. The number of aliphatic hydroxyl groups is 1. The Hall–Kier alpha value is -1.66. The van der Waals surface area contributed by atoms with Crippen LogP contribution >= 0.6 is 0 Å². The lowest BCUT2D eigenvalue weighted by Crippen LogP contribution is -2.45. The van der Waals surface area contributed by atoms with Crippen molar-refractivity contribution in [3.05, 3.63) is 33.7 Å². The molecule has 1 aromatic rings. The minimum absolute atomic E-state index is 0.115. The smallest absolute Gasteiger partial charge is 0.261 e. The van der Waals surface area contributed by atoms with Crippen LogP contribution in [0.15, 0.2) is 16.9 Å². The van der Waals surface area contributed by atoms with Crippen LogP contribution in [0.3, 0.4) is 0 Å². The zero-order chi connectivity index (χ0) is 19.3. The number of carbonyl (C=O) groups excluding carboxylic acids is 1. The van der Waals surface area contributed by atoms with Gasteiger partial charge in [0, 0.05) is 24.8 Å². The molecule has 1 aliphatic carbocycles. The third kappa shape index (κ3) is 5.20. The van der Waals surface area contributed by atoms with E-state index >= 15 is 0 Å². The zero-order valence-electron chi connectivity index (χ0n) is 16.4. The Bertz CT molecular complexity index is 694. The van der Waals surface area contributed by atoms with E-state index in [-0.39, 0.29) is 17.7 Å². The van der Waals surface area contributed by atoms with E-state index in [9.17, 15) is 14.7 Å². The molecule has 2 aliphatic rings. The monoisotopic (exact) mass is 375 g/mol. The predicted octanol–water partition coefficient (Wildman–Crippen LogP) is 2.56. The Kier molecular flexibility index (Phi) is 6.71. The third-order valence-corrected chi connectivity index (χ3v) is 6.17. The molecule has 2 heterocycles. The summed E-state index contributed by atoms with van der Waals surface area (Å²) in [6.45, 7) is 4.19. The molecule has 1 aliphatic heterocycles. The zero-order valence-corrected chi connectivity index (χ0v) is 16.4. The SMILES string of the molecule is CCC1CCCCN1Cc1ccc(C(=O)NCC2(O)CCCCC2)c(=O)[nH]1. The second kappa shape index (κ2) is 9.02. The Morgan fingerprint density at radius 1 is 1.26 bits per heavy atom. The van der Waals surface area contributed by atoms with Gasteiger partial charge < -0.3 is 15.4 Å². The third-order valence-electron chi connectivity index (χ3n) is 6.17. The van der Waals surface area contributed by atoms with E-state index in [1.165, 1.54) is 19.3 Å². The van der Waals surface area contributed by atoms with Crippen LogP contribution in [-0.4, -0.2) is 45.6 Å². The highest BCUT2D eigenvalue weighted by Gasteiger charge is 2.30. The van der Waals surface area contributed by atoms with E-state index < -0.39 is 11.5 Å². The lowest BCUT2D eigenvalue weighted by Gasteiger charge is -2.35. The fourth-order valence-electron chi connectivity index (χ4n) is 4.46. The summed E-state index contributed by atoms with van der Waals surface area (Å²) in [5, 5.41) is 13.3. The standard InChI is InChI=1S/C21H33N3O3/c1-2-17-8-4-7-13-24(17)14-16-9-10-18(20(26)23-16)19(25)22-15-21(27)11-5-3-6-12-21/h9-10,17,27H,2-8,11-15H2,1H3,(H,22,25)(H,23,26). The van der Waals surface area contributed by atoms with Gasteiger partial charge in [-0.1, -0.05) is 32.6 Å². The molecular formula is C21H33N3O3. The molecule has 6 heteroatoms. The molecule has 27 heavy (non-hydrogen) atoms. The minimum Gasteiger partial charge on any atom is -0.388 e. The molecule has 2 fully saturated rings. The Labute approximate surface area is 161 Å². The molecule has 3 N–H and O–H groups in total. The van der Waals surface area contributed by atoms with Crippen molar-refractivity contribution in [2.75, 3.05) is 13.1 Å². The number of H-pyrrole nitrogens is 1. The van der Waals surface area contributed by atoms with Crippen LogP contribution in [0.4, 0.5) is 0 Å². The molecule has 1 saturated carbocycles. The van der Waals surface area contributed by atoms with Crippen LogP contribution in [0, 0.1) is 0 Å². The maximum absolute atomic E-state index is 12.4. The molecule has 0 spiro atoms. The van der Waals surface area contributed by atoms with Gasteiger partial charge >= 0.3 is 0 Å². The summed E-state index contributed by atoms with van der Waals surface area (Å²) in [6, 6.07) is 4.02. The summed E-state index contributed by atoms with van der Waals surface area (Å²) >= 11 is 0. The molecule has 0 aromatic carbocycles. The molecular weight excluding hydrogens is 342 g/mol. The number of rotatable bonds is 6. The molecule has 3 rings (SSSR count). The highest BCUT2D eigenvalue weighted by Crippen LogP contribution is 2.27. The fraction of sp³-hybridized carbons (Fsp3) is 0.714. The molecule has 1 atom stereocenters. The number of hydrogen-bond donors (Lipinski definition) is 3. The maximum Gasteiger partial charge on any atom is 0.261 e. The highest BCUT2D eigenvalue weighted by atomic mass is 16.3. The van der Waals surface area contributed by atoms with Crippen LogP contribution < -0.4 is 10.9 Å².